The van der Waals surface area contributed by atoms with Gasteiger partial charge in [-0.3, -0.25) is 9.59 Å². The number of amides is 1. The molecular formula is C22H20FN3O3. The zero-order valence-corrected chi connectivity index (χ0v) is 16.1. The second-order valence-electron chi connectivity index (χ2n) is 6.98. The zero-order chi connectivity index (χ0) is 20.5. The van der Waals surface area contributed by atoms with Gasteiger partial charge in [0.25, 0.3) is 11.5 Å². The van der Waals surface area contributed by atoms with Crippen LogP contribution in [0.3, 0.4) is 0 Å². The van der Waals surface area contributed by atoms with Crippen molar-refractivity contribution in [2.24, 2.45) is 0 Å². The predicted molar refractivity (Wildman–Crippen MR) is 107 cm³/mol. The zero-order valence-electron chi connectivity index (χ0n) is 16.1. The number of benzene rings is 2. The van der Waals surface area contributed by atoms with Crippen molar-refractivity contribution < 1.29 is 13.9 Å². The number of carbonyl (C=O) groups is 1. The fourth-order valence-corrected chi connectivity index (χ4v) is 3.64. The van der Waals surface area contributed by atoms with E-state index in [0.717, 1.165) is 5.56 Å². The molecule has 1 aliphatic rings. The van der Waals surface area contributed by atoms with E-state index in [-0.39, 0.29) is 23.3 Å². The van der Waals surface area contributed by atoms with Gasteiger partial charge in [0.05, 0.1) is 18.9 Å². The molecule has 7 heteroatoms. The van der Waals surface area contributed by atoms with Gasteiger partial charge in [-0.2, -0.15) is 9.78 Å². The van der Waals surface area contributed by atoms with Crippen LogP contribution in [0.25, 0.3) is 5.69 Å². The molecule has 0 fully saturated rings. The first-order chi connectivity index (χ1) is 14.0. The molecule has 2 aromatic carbocycles. The smallest absolute Gasteiger partial charge is 0.282 e. The molecule has 4 rings (SSSR count). The minimum Gasteiger partial charge on any atom is -0.494 e. The van der Waals surface area contributed by atoms with Gasteiger partial charge in [0.1, 0.15) is 5.82 Å². The summed E-state index contributed by atoms with van der Waals surface area (Å²) >= 11 is 0. The first-order valence-electron chi connectivity index (χ1n) is 9.35. The summed E-state index contributed by atoms with van der Waals surface area (Å²) in [6.07, 6.45) is 1.38. The summed E-state index contributed by atoms with van der Waals surface area (Å²) in [5, 5.41) is 4.33. The molecule has 0 radical (unpaired) electrons. The molecule has 0 bridgehead atoms. The number of methoxy groups -OCH3 is 1. The van der Waals surface area contributed by atoms with Gasteiger partial charge in [-0.15, -0.1) is 0 Å². The number of ether oxygens (including phenoxy) is 1. The Morgan fingerprint density at radius 3 is 2.66 bits per heavy atom. The number of nitrogens with zero attached hydrogens (tertiary/aromatic N) is 3. The highest BCUT2D eigenvalue weighted by molar-refractivity contribution is 6.07. The number of anilines is 1. The summed E-state index contributed by atoms with van der Waals surface area (Å²) in [6.45, 7) is 1.93. The second kappa shape index (κ2) is 7.50. The van der Waals surface area contributed by atoms with Gasteiger partial charge >= 0.3 is 0 Å². The van der Waals surface area contributed by atoms with Gasteiger partial charge in [-0.1, -0.05) is 18.2 Å². The van der Waals surface area contributed by atoms with Crippen molar-refractivity contribution in [3.63, 3.8) is 0 Å². The number of aryl methyl sites for hydroxylation is 1. The molecule has 148 valence electrons. The van der Waals surface area contributed by atoms with Crippen LogP contribution in [0.15, 0.2) is 59.4 Å². The molecule has 2 heterocycles. The first kappa shape index (κ1) is 18.9. The van der Waals surface area contributed by atoms with Crippen molar-refractivity contribution in [1.82, 2.24) is 9.78 Å². The third-order valence-electron chi connectivity index (χ3n) is 5.11. The Morgan fingerprint density at radius 1 is 1.17 bits per heavy atom. The van der Waals surface area contributed by atoms with Crippen LogP contribution in [0.1, 0.15) is 29.4 Å². The van der Waals surface area contributed by atoms with Crippen LogP contribution in [0, 0.1) is 5.82 Å². The second-order valence-corrected chi connectivity index (χ2v) is 6.98. The first-order valence-corrected chi connectivity index (χ1v) is 9.35. The van der Waals surface area contributed by atoms with E-state index >= 15 is 0 Å². The summed E-state index contributed by atoms with van der Waals surface area (Å²) < 4.78 is 20.1. The number of aromatic nitrogens is 2. The molecule has 1 unspecified atom stereocenters. The molecule has 29 heavy (non-hydrogen) atoms. The SMILES string of the molecule is COc1cc(=O)n(-c2ccccc2)nc1C(=O)N1c2ccc(F)cc2CCC1C. The molecule has 3 aromatic rings. The topological polar surface area (TPSA) is 64.4 Å². The molecule has 1 aliphatic heterocycles. The lowest BCUT2D eigenvalue weighted by Crippen LogP contribution is -2.43. The van der Waals surface area contributed by atoms with Crippen LogP contribution in [-0.2, 0) is 6.42 Å². The van der Waals surface area contributed by atoms with E-state index in [1.807, 2.05) is 13.0 Å². The van der Waals surface area contributed by atoms with E-state index < -0.39 is 11.5 Å². The normalized spacial score (nSPS) is 15.7. The lowest BCUT2D eigenvalue weighted by Gasteiger charge is -2.35. The van der Waals surface area contributed by atoms with Crippen molar-refractivity contribution in [1.29, 1.82) is 0 Å². The average molecular weight is 393 g/mol. The average Bonchev–Trinajstić information content (AvgIpc) is 2.73. The van der Waals surface area contributed by atoms with Crippen molar-refractivity contribution in [3.8, 4) is 11.4 Å². The van der Waals surface area contributed by atoms with Gasteiger partial charge in [0.15, 0.2) is 11.4 Å². The molecule has 6 nitrogen and oxygen atoms in total. The van der Waals surface area contributed by atoms with Crippen molar-refractivity contribution in [3.05, 3.63) is 82.0 Å². The molecule has 0 saturated heterocycles. The molecular weight excluding hydrogens is 373 g/mol. The maximum atomic E-state index is 13.7. The van der Waals surface area contributed by atoms with Gasteiger partial charge in [-0.05, 0) is 55.7 Å². The van der Waals surface area contributed by atoms with Gasteiger partial charge in [0.2, 0.25) is 0 Å². The van der Waals surface area contributed by atoms with Gasteiger partial charge in [0, 0.05) is 11.7 Å². The number of hydrogen-bond acceptors (Lipinski definition) is 4. The third kappa shape index (κ3) is 3.40. The third-order valence-corrected chi connectivity index (χ3v) is 5.11. The highest BCUT2D eigenvalue weighted by Crippen LogP contribution is 2.33. The number of hydrogen-bond donors (Lipinski definition) is 0. The standard InChI is InChI=1S/C22H20FN3O3/c1-14-8-9-15-12-16(23)10-11-18(15)25(14)22(28)21-19(29-2)13-20(27)26(24-21)17-6-4-3-5-7-17/h3-7,10-14H,8-9H2,1-2H3. The van der Waals surface area contributed by atoms with Crippen molar-refractivity contribution in [2.75, 3.05) is 12.0 Å². The highest BCUT2D eigenvalue weighted by atomic mass is 19.1. The van der Waals surface area contributed by atoms with Gasteiger partial charge < -0.3 is 9.64 Å². The number of rotatable bonds is 3. The van der Waals surface area contributed by atoms with Crippen molar-refractivity contribution >= 4 is 11.6 Å². The Labute approximate surface area is 167 Å². The summed E-state index contributed by atoms with van der Waals surface area (Å²) in [4.78, 5) is 27.6. The maximum Gasteiger partial charge on any atom is 0.282 e. The van der Waals surface area contributed by atoms with Crippen LogP contribution in [-0.4, -0.2) is 28.8 Å². The number of fused-ring (bicyclic) bond motifs is 1. The van der Waals surface area contributed by atoms with E-state index in [4.69, 9.17) is 4.74 Å². The van der Waals surface area contributed by atoms with E-state index in [1.165, 1.54) is 30.0 Å². The molecule has 1 atom stereocenters. The number of halogens is 1. The fourth-order valence-electron chi connectivity index (χ4n) is 3.64. The molecule has 0 spiro atoms. The van der Waals surface area contributed by atoms with E-state index in [0.29, 0.717) is 24.2 Å². The minimum atomic E-state index is -0.404. The Kier molecular flexibility index (Phi) is 4.88. The molecule has 0 saturated carbocycles. The van der Waals surface area contributed by atoms with Crippen LogP contribution in [0.5, 0.6) is 5.75 Å². The lowest BCUT2D eigenvalue weighted by molar-refractivity contribution is 0.0965. The highest BCUT2D eigenvalue weighted by Gasteiger charge is 2.32. The molecule has 1 amide bonds. The summed E-state index contributed by atoms with van der Waals surface area (Å²) in [5.41, 5.74) is 1.59. The molecule has 0 aliphatic carbocycles. The quantitative estimate of drug-likeness (QED) is 0.685. The summed E-state index contributed by atoms with van der Waals surface area (Å²) in [6, 6.07) is 14.4. The summed E-state index contributed by atoms with van der Waals surface area (Å²) in [5.74, 6) is -0.626. The predicted octanol–water partition coefficient (Wildman–Crippen LogP) is 3.36. The van der Waals surface area contributed by atoms with Crippen LogP contribution in [0.4, 0.5) is 10.1 Å². The fraction of sp³-hybridized carbons (Fsp3) is 0.227. The summed E-state index contributed by atoms with van der Waals surface area (Å²) in [7, 11) is 1.39. The van der Waals surface area contributed by atoms with Crippen LogP contribution in [0.2, 0.25) is 0 Å². The number of carbonyl (C=O) groups excluding carboxylic acids is 1. The van der Waals surface area contributed by atoms with Crippen LogP contribution < -0.4 is 15.2 Å². The Bertz CT molecular complexity index is 1130. The Morgan fingerprint density at radius 2 is 1.93 bits per heavy atom. The Hall–Kier alpha value is -3.48. The Balaban J connectivity index is 1.84. The largest absolute Gasteiger partial charge is 0.494 e. The van der Waals surface area contributed by atoms with E-state index in [2.05, 4.69) is 5.10 Å². The van der Waals surface area contributed by atoms with Crippen molar-refractivity contribution in [2.45, 2.75) is 25.8 Å². The molecule has 0 N–H and O–H groups in total. The maximum absolute atomic E-state index is 13.7. The van der Waals surface area contributed by atoms with E-state index in [9.17, 15) is 14.0 Å². The monoisotopic (exact) mass is 393 g/mol. The molecule has 1 aromatic heterocycles. The minimum absolute atomic E-state index is 0.0278. The van der Waals surface area contributed by atoms with E-state index in [1.54, 1.807) is 35.2 Å². The number of para-hydroxylation sites is 1. The lowest BCUT2D eigenvalue weighted by atomic mass is 9.96. The van der Waals surface area contributed by atoms with Gasteiger partial charge in [-0.25, -0.2) is 4.39 Å². The van der Waals surface area contributed by atoms with Crippen LogP contribution >= 0.6 is 0 Å².